The molecule has 2 aliphatic rings. The highest BCUT2D eigenvalue weighted by atomic mass is 35.5. The van der Waals surface area contributed by atoms with E-state index in [-0.39, 0.29) is 23.2 Å². The van der Waals surface area contributed by atoms with Gasteiger partial charge in [-0.25, -0.2) is 9.67 Å². The van der Waals surface area contributed by atoms with Gasteiger partial charge in [0.1, 0.15) is 5.82 Å². The molecule has 1 aromatic heterocycles. The number of carbonyl (C=O) groups is 1. The molecule has 138 valence electrons. The summed E-state index contributed by atoms with van der Waals surface area (Å²) in [5.74, 6) is 1.30. The number of carbonyl (C=O) groups excluding carboxylic acids is 1. The van der Waals surface area contributed by atoms with Gasteiger partial charge < -0.3 is 10.6 Å². The molecule has 2 aromatic rings. The van der Waals surface area contributed by atoms with Crippen LogP contribution in [0.4, 0.5) is 0 Å². The Labute approximate surface area is 158 Å². The maximum Gasteiger partial charge on any atom is 0.293 e. The maximum atomic E-state index is 13.0. The highest BCUT2D eigenvalue weighted by Crippen LogP contribution is 2.40. The summed E-state index contributed by atoms with van der Waals surface area (Å²) in [7, 11) is 0. The first kappa shape index (κ1) is 17.5. The molecular weight excluding hydrogens is 350 g/mol. The van der Waals surface area contributed by atoms with E-state index in [0.717, 1.165) is 30.8 Å². The number of rotatable bonds is 3. The molecule has 6 nitrogen and oxygen atoms in total. The van der Waals surface area contributed by atoms with Gasteiger partial charge in [-0.1, -0.05) is 37.6 Å². The van der Waals surface area contributed by atoms with Crippen molar-refractivity contribution in [2.45, 2.75) is 45.1 Å². The van der Waals surface area contributed by atoms with Crippen molar-refractivity contribution in [3.63, 3.8) is 0 Å². The van der Waals surface area contributed by atoms with E-state index < -0.39 is 0 Å². The molecule has 7 heteroatoms. The van der Waals surface area contributed by atoms with Gasteiger partial charge in [0.15, 0.2) is 0 Å². The van der Waals surface area contributed by atoms with Crippen LogP contribution in [0, 0.1) is 5.41 Å². The van der Waals surface area contributed by atoms with Crippen LogP contribution in [0.1, 0.15) is 55.5 Å². The number of nitrogens with zero attached hydrogens (tertiary/aromatic N) is 4. The van der Waals surface area contributed by atoms with Gasteiger partial charge in [0, 0.05) is 25.0 Å². The Balaban J connectivity index is 1.67. The lowest BCUT2D eigenvalue weighted by atomic mass is 9.79. The number of piperidine rings is 1. The van der Waals surface area contributed by atoms with Crippen molar-refractivity contribution in [2.75, 3.05) is 13.1 Å². The van der Waals surface area contributed by atoms with E-state index in [1.807, 2.05) is 29.2 Å². The largest absolute Gasteiger partial charge is 0.335 e. The summed E-state index contributed by atoms with van der Waals surface area (Å²) in [6.07, 6.45) is 2.93. The fourth-order valence-corrected chi connectivity index (χ4v) is 3.73. The third kappa shape index (κ3) is 3.12. The molecule has 1 aliphatic heterocycles. The van der Waals surface area contributed by atoms with Gasteiger partial charge in [-0.3, -0.25) is 4.79 Å². The second-order valence-electron chi connectivity index (χ2n) is 8.04. The monoisotopic (exact) mass is 373 g/mol. The Kier molecular flexibility index (Phi) is 4.28. The zero-order valence-corrected chi connectivity index (χ0v) is 15.9. The second kappa shape index (κ2) is 6.35. The van der Waals surface area contributed by atoms with Crippen molar-refractivity contribution in [2.24, 2.45) is 11.1 Å². The van der Waals surface area contributed by atoms with Gasteiger partial charge in [0.25, 0.3) is 5.91 Å². The minimum Gasteiger partial charge on any atom is -0.335 e. The fraction of sp³-hybridized carbons (Fsp3) is 0.526. The Morgan fingerprint density at radius 1 is 1.27 bits per heavy atom. The van der Waals surface area contributed by atoms with Crippen molar-refractivity contribution < 1.29 is 4.79 Å². The summed E-state index contributed by atoms with van der Waals surface area (Å²) < 4.78 is 1.74. The van der Waals surface area contributed by atoms with E-state index in [4.69, 9.17) is 17.3 Å². The Morgan fingerprint density at radius 2 is 2.00 bits per heavy atom. The Morgan fingerprint density at radius 3 is 2.65 bits per heavy atom. The van der Waals surface area contributed by atoms with Crippen LogP contribution in [-0.4, -0.2) is 44.7 Å². The Bertz CT molecular complexity index is 842. The number of likely N-dealkylation sites (tertiary alicyclic amines) is 1. The topological polar surface area (TPSA) is 77.0 Å². The van der Waals surface area contributed by atoms with Gasteiger partial charge >= 0.3 is 0 Å². The van der Waals surface area contributed by atoms with Crippen LogP contribution in [0.2, 0.25) is 5.02 Å². The molecule has 1 aromatic carbocycles. The number of nitrogens with two attached hydrogens (primary N) is 1. The molecule has 0 bridgehead atoms. The van der Waals surface area contributed by atoms with Crippen molar-refractivity contribution >= 4 is 17.5 Å². The number of para-hydroxylation sites is 1. The summed E-state index contributed by atoms with van der Waals surface area (Å²) in [5.41, 5.74) is 6.85. The molecule has 1 unspecified atom stereocenters. The summed E-state index contributed by atoms with van der Waals surface area (Å²) >= 11 is 6.35. The van der Waals surface area contributed by atoms with Gasteiger partial charge in [0.05, 0.1) is 10.7 Å². The van der Waals surface area contributed by atoms with Crippen molar-refractivity contribution in [1.29, 1.82) is 0 Å². The Hall–Kier alpha value is -1.92. The standard InChI is InChI=1S/C19H24ClN5O/c1-19(2)11-24(10-9-15(19)21)18(26)16-22-17(12-7-8-12)25(23-16)14-6-4-3-5-13(14)20/h3-6,12,15H,7-11,21H2,1-2H3. The first-order chi connectivity index (χ1) is 12.4. The molecule has 4 rings (SSSR count). The first-order valence-corrected chi connectivity index (χ1v) is 9.51. The quantitative estimate of drug-likeness (QED) is 0.897. The summed E-state index contributed by atoms with van der Waals surface area (Å²) in [4.78, 5) is 19.5. The highest BCUT2D eigenvalue weighted by molar-refractivity contribution is 6.32. The van der Waals surface area contributed by atoms with Crippen LogP contribution in [0.15, 0.2) is 24.3 Å². The molecule has 1 saturated carbocycles. The number of aromatic nitrogens is 3. The summed E-state index contributed by atoms with van der Waals surface area (Å²) in [6, 6.07) is 7.62. The number of halogens is 1. The van der Waals surface area contributed by atoms with E-state index >= 15 is 0 Å². The van der Waals surface area contributed by atoms with E-state index in [2.05, 4.69) is 23.9 Å². The minimum atomic E-state index is -0.127. The van der Waals surface area contributed by atoms with Crippen molar-refractivity contribution in [3.05, 3.63) is 40.9 Å². The minimum absolute atomic E-state index is 0.0993. The average molecular weight is 374 g/mol. The molecule has 2 N–H and O–H groups in total. The van der Waals surface area contributed by atoms with Gasteiger partial charge in [-0.05, 0) is 36.8 Å². The molecule has 0 radical (unpaired) electrons. The van der Waals surface area contributed by atoms with Crippen LogP contribution in [0.25, 0.3) is 5.69 Å². The van der Waals surface area contributed by atoms with Crippen molar-refractivity contribution in [3.8, 4) is 5.69 Å². The normalized spacial score (nSPS) is 22.5. The van der Waals surface area contributed by atoms with E-state index in [0.29, 0.717) is 24.0 Å². The number of benzene rings is 1. The fourth-order valence-electron chi connectivity index (χ4n) is 3.51. The van der Waals surface area contributed by atoms with Crippen LogP contribution >= 0.6 is 11.6 Å². The SMILES string of the molecule is CC1(C)CN(C(=O)c2nc(C3CC3)n(-c3ccccc3Cl)n2)CCC1N. The lowest BCUT2D eigenvalue weighted by molar-refractivity contribution is 0.0521. The maximum absolute atomic E-state index is 13.0. The zero-order chi connectivity index (χ0) is 18.5. The lowest BCUT2D eigenvalue weighted by Crippen LogP contribution is -2.54. The first-order valence-electron chi connectivity index (χ1n) is 9.13. The van der Waals surface area contributed by atoms with Crippen LogP contribution in [-0.2, 0) is 0 Å². The smallest absolute Gasteiger partial charge is 0.293 e. The number of hydrogen-bond acceptors (Lipinski definition) is 4. The van der Waals surface area contributed by atoms with Crippen LogP contribution < -0.4 is 5.73 Å². The molecule has 1 atom stereocenters. The number of hydrogen-bond donors (Lipinski definition) is 1. The van der Waals surface area contributed by atoms with E-state index in [1.165, 1.54) is 0 Å². The zero-order valence-electron chi connectivity index (χ0n) is 15.2. The summed E-state index contributed by atoms with van der Waals surface area (Å²) in [5, 5.41) is 5.14. The third-order valence-electron chi connectivity index (χ3n) is 5.45. The van der Waals surface area contributed by atoms with E-state index in [9.17, 15) is 4.79 Å². The molecule has 1 amide bonds. The molecule has 0 spiro atoms. The van der Waals surface area contributed by atoms with Gasteiger partial charge in [-0.15, -0.1) is 5.10 Å². The third-order valence-corrected chi connectivity index (χ3v) is 5.77. The van der Waals surface area contributed by atoms with Crippen LogP contribution in [0.5, 0.6) is 0 Å². The number of amides is 1. The average Bonchev–Trinajstić information content (AvgIpc) is 3.36. The van der Waals surface area contributed by atoms with Crippen molar-refractivity contribution in [1.82, 2.24) is 19.7 Å². The highest BCUT2D eigenvalue weighted by Gasteiger charge is 2.38. The lowest BCUT2D eigenvalue weighted by Gasteiger charge is -2.42. The molecule has 1 saturated heterocycles. The second-order valence-corrected chi connectivity index (χ2v) is 8.45. The van der Waals surface area contributed by atoms with Gasteiger partial charge in [0.2, 0.25) is 5.82 Å². The van der Waals surface area contributed by atoms with Gasteiger partial charge in [-0.2, -0.15) is 0 Å². The molecular formula is C19H24ClN5O. The molecule has 2 heterocycles. The predicted molar refractivity (Wildman–Crippen MR) is 101 cm³/mol. The predicted octanol–water partition coefficient (Wildman–Crippen LogP) is 3.00. The molecule has 26 heavy (non-hydrogen) atoms. The molecule has 1 aliphatic carbocycles. The van der Waals surface area contributed by atoms with E-state index in [1.54, 1.807) is 4.68 Å². The van der Waals surface area contributed by atoms with Crippen LogP contribution in [0.3, 0.4) is 0 Å². The molecule has 2 fully saturated rings. The summed E-state index contributed by atoms with van der Waals surface area (Å²) in [6.45, 7) is 5.46.